The van der Waals surface area contributed by atoms with Crippen molar-refractivity contribution in [3.63, 3.8) is 0 Å². The van der Waals surface area contributed by atoms with E-state index in [1.165, 1.54) is 141 Å². The molecule has 0 aliphatic rings. The van der Waals surface area contributed by atoms with Crippen molar-refractivity contribution in [2.45, 2.75) is 213 Å². The Balaban J connectivity index is 3.57. The number of hydrogen-bond acceptors (Lipinski definition) is 7. The molecule has 0 aromatic heterocycles. The Kier molecular flexibility index (Phi) is 36.0. The second-order valence-electron chi connectivity index (χ2n) is 14.0. The molecule has 292 valence electrons. The number of ether oxygens (including phenoxy) is 1. The zero-order valence-electron chi connectivity index (χ0n) is 31.9. The fraction of sp³-hybridized carbons (Fsp3) is 0.949. The highest BCUT2D eigenvalue weighted by Crippen LogP contribution is 2.42. The van der Waals surface area contributed by atoms with E-state index in [2.05, 4.69) is 19.2 Å². The number of carbonyl (C=O) groups is 2. The molecule has 0 aliphatic heterocycles. The summed E-state index contributed by atoms with van der Waals surface area (Å²) < 4.78 is 26.8. The molecular weight excluding hydrogens is 641 g/mol. The minimum atomic E-state index is -4.40. The van der Waals surface area contributed by atoms with E-state index in [9.17, 15) is 24.2 Å². The third-order valence-electron chi connectivity index (χ3n) is 9.04. The van der Waals surface area contributed by atoms with E-state index < -0.39 is 26.5 Å². The molecule has 10 heteroatoms. The van der Waals surface area contributed by atoms with Crippen LogP contribution in [0.4, 0.5) is 0 Å². The summed E-state index contributed by atoms with van der Waals surface area (Å²) in [6.07, 6.45) is 34.5. The van der Waals surface area contributed by atoms with Crippen LogP contribution in [0.25, 0.3) is 0 Å². The van der Waals surface area contributed by atoms with E-state index in [4.69, 9.17) is 13.8 Å². The summed E-state index contributed by atoms with van der Waals surface area (Å²) in [7, 11) is -4.40. The number of aliphatic hydroxyl groups is 1. The number of aliphatic hydroxyl groups excluding tert-OH is 1. The second-order valence-corrected chi connectivity index (χ2v) is 15.4. The van der Waals surface area contributed by atoms with Gasteiger partial charge in [0.05, 0.1) is 13.2 Å². The maximum Gasteiger partial charge on any atom is 0.472 e. The summed E-state index contributed by atoms with van der Waals surface area (Å²) in [5.74, 6) is -0.506. The van der Waals surface area contributed by atoms with Crippen molar-refractivity contribution in [2.24, 2.45) is 0 Å². The van der Waals surface area contributed by atoms with Crippen LogP contribution >= 0.6 is 7.82 Å². The molecule has 0 aromatic rings. The Morgan fingerprint density at radius 1 is 0.551 bits per heavy atom. The minimum absolute atomic E-state index is 0.0881. The standard InChI is InChI=1S/C39H78NO8P/c1-3-5-7-9-11-13-15-17-19-21-23-25-27-29-31-38(42)40-33-34-47-49(44,45)48-36-37(41)35-46-39(43)32-30-28-26-24-22-20-18-16-14-12-10-8-6-4-2/h37,41H,3-36H2,1-2H3,(H,40,42)(H,44,45). The molecule has 0 heterocycles. The molecule has 0 fully saturated rings. The topological polar surface area (TPSA) is 131 Å². The average Bonchev–Trinajstić information content (AvgIpc) is 3.08. The number of nitrogens with one attached hydrogen (secondary N) is 1. The number of rotatable bonds is 39. The van der Waals surface area contributed by atoms with E-state index >= 15 is 0 Å². The first-order chi connectivity index (χ1) is 23.8. The molecular formula is C39H78NO8P. The molecule has 2 unspecified atom stereocenters. The lowest BCUT2D eigenvalue weighted by Crippen LogP contribution is -2.27. The average molecular weight is 720 g/mol. The molecule has 0 bridgehead atoms. The predicted octanol–water partition coefficient (Wildman–Crippen LogP) is 10.9. The third-order valence-corrected chi connectivity index (χ3v) is 10.0. The summed E-state index contributed by atoms with van der Waals surface area (Å²) >= 11 is 0. The van der Waals surface area contributed by atoms with E-state index in [-0.39, 0.29) is 25.7 Å². The van der Waals surface area contributed by atoms with E-state index in [0.29, 0.717) is 12.8 Å². The SMILES string of the molecule is CCCCCCCCCCCCCCCCC(=O)NCCOP(=O)(O)OCC(O)COC(=O)CCCCCCCCCCCCCCCC. The summed E-state index contributed by atoms with van der Waals surface area (Å²) in [6.45, 7) is 3.58. The van der Waals surface area contributed by atoms with Crippen LogP contribution in [0.2, 0.25) is 0 Å². The summed E-state index contributed by atoms with van der Waals surface area (Å²) in [4.78, 5) is 33.8. The fourth-order valence-corrected chi connectivity index (χ4v) is 6.67. The largest absolute Gasteiger partial charge is 0.472 e. The van der Waals surface area contributed by atoms with Gasteiger partial charge in [-0.1, -0.05) is 181 Å². The molecule has 0 saturated carbocycles. The van der Waals surface area contributed by atoms with Crippen LogP contribution in [0.15, 0.2) is 0 Å². The summed E-state index contributed by atoms with van der Waals surface area (Å²) in [5, 5.41) is 12.7. The summed E-state index contributed by atoms with van der Waals surface area (Å²) in [6, 6.07) is 0. The van der Waals surface area contributed by atoms with Gasteiger partial charge in [-0.3, -0.25) is 18.6 Å². The minimum Gasteiger partial charge on any atom is -0.463 e. The highest BCUT2D eigenvalue weighted by molar-refractivity contribution is 7.47. The van der Waals surface area contributed by atoms with Crippen molar-refractivity contribution in [2.75, 3.05) is 26.4 Å². The van der Waals surface area contributed by atoms with Crippen molar-refractivity contribution in [1.82, 2.24) is 5.32 Å². The maximum absolute atomic E-state index is 12.1. The van der Waals surface area contributed by atoms with E-state index in [1.54, 1.807) is 0 Å². The monoisotopic (exact) mass is 720 g/mol. The van der Waals surface area contributed by atoms with Crippen LogP contribution in [0.5, 0.6) is 0 Å². The molecule has 0 rings (SSSR count). The van der Waals surface area contributed by atoms with Crippen LogP contribution in [0, 0.1) is 0 Å². The van der Waals surface area contributed by atoms with Crippen LogP contribution < -0.4 is 5.32 Å². The number of esters is 1. The predicted molar refractivity (Wildman–Crippen MR) is 202 cm³/mol. The lowest BCUT2D eigenvalue weighted by molar-refractivity contribution is -0.147. The van der Waals surface area contributed by atoms with Gasteiger partial charge in [0.15, 0.2) is 0 Å². The lowest BCUT2D eigenvalue weighted by Gasteiger charge is -2.15. The number of phosphoric ester groups is 1. The second kappa shape index (κ2) is 36.8. The highest BCUT2D eigenvalue weighted by Gasteiger charge is 2.23. The first kappa shape index (κ1) is 48.0. The van der Waals surface area contributed by atoms with Gasteiger partial charge in [0, 0.05) is 19.4 Å². The Morgan fingerprint density at radius 3 is 1.33 bits per heavy atom. The van der Waals surface area contributed by atoms with Crippen LogP contribution in [0.3, 0.4) is 0 Å². The van der Waals surface area contributed by atoms with Crippen molar-refractivity contribution in [3.05, 3.63) is 0 Å². The number of hydrogen-bond donors (Lipinski definition) is 3. The Labute approximate surface area is 301 Å². The van der Waals surface area contributed by atoms with Crippen LogP contribution in [-0.4, -0.2) is 54.3 Å². The maximum atomic E-state index is 12.1. The van der Waals surface area contributed by atoms with Gasteiger partial charge in [0.1, 0.15) is 12.7 Å². The first-order valence-electron chi connectivity index (χ1n) is 20.5. The molecule has 0 spiro atoms. The van der Waals surface area contributed by atoms with Gasteiger partial charge in [-0.25, -0.2) is 4.57 Å². The zero-order chi connectivity index (χ0) is 36.1. The lowest BCUT2D eigenvalue weighted by atomic mass is 10.0. The number of amides is 1. The van der Waals surface area contributed by atoms with Gasteiger partial charge in [-0.15, -0.1) is 0 Å². The van der Waals surface area contributed by atoms with Gasteiger partial charge < -0.3 is 20.1 Å². The number of phosphoric acid groups is 1. The van der Waals surface area contributed by atoms with Crippen molar-refractivity contribution < 1.29 is 37.9 Å². The van der Waals surface area contributed by atoms with Gasteiger partial charge in [-0.2, -0.15) is 0 Å². The van der Waals surface area contributed by atoms with Crippen molar-refractivity contribution in [1.29, 1.82) is 0 Å². The molecule has 3 N–H and O–H groups in total. The van der Waals surface area contributed by atoms with Gasteiger partial charge in [0.25, 0.3) is 0 Å². The number of carbonyl (C=O) groups excluding carboxylic acids is 2. The molecule has 0 aliphatic carbocycles. The van der Waals surface area contributed by atoms with Crippen LogP contribution in [-0.2, 0) is 27.9 Å². The fourth-order valence-electron chi connectivity index (χ4n) is 5.91. The molecule has 9 nitrogen and oxygen atoms in total. The molecule has 0 saturated heterocycles. The van der Waals surface area contributed by atoms with Gasteiger partial charge in [0.2, 0.25) is 5.91 Å². The Morgan fingerprint density at radius 2 is 0.918 bits per heavy atom. The highest BCUT2D eigenvalue weighted by atomic mass is 31.2. The molecule has 49 heavy (non-hydrogen) atoms. The molecule has 0 aromatic carbocycles. The van der Waals surface area contributed by atoms with Crippen LogP contribution in [0.1, 0.15) is 206 Å². The third kappa shape index (κ3) is 38.1. The Hall–Kier alpha value is -0.990. The Bertz CT molecular complexity index is 784. The molecule has 0 radical (unpaired) electrons. The molecule has 2 atom stereocenters. The first-order valence-corrected chi connectivity index (χ1v) is 22.0. The normalized spacial score (nSPS) is 13.3. The number of unbranched alkanes of at least 4 members (excludes halogenated alkanes) is 26. The molecule has 1 amide bonds. The van der Waals surface area contributed by atoms with Crippen molar-refractivity contribution in [3.8, 4) is 0 Å². The van der Waals surface area contributed by atoms with Gasteiger partial charge >= 0.3 is 13.8 Å². The zero-order valence-corrected chi connectivity index (χ0v) is 32.8. The summed E-state index contributed by atoms with van der Waals surface area (Å²) in [5.41, 5.74) is 0. The van der Waals surface area contributed by atoms with Gasteiger partial charge in [-0.05, 0) is 12.8 Å². The van der Waals surface area contributed by atoms with E-state index in [1.807, 2.05) is 0 Å². The quantitative estimate of drug-likeness (QED) is 0.0325. The smallest absolute Gasteiger partial charge is 0.463 e. The van der Waals surface area contributed by atoms with E-state index in [0.717, 1.165) is 38.5 Å². The van der Waals surface area contributed by atoms with Crippen molar-refractivity contribution >= 4 is 19.7 Å².